The summed E-state index contributed by atoms with van der Waals surface area (Å²) < 4.78 is 35.7. The fraction of sp³-hybridized carbons (Fsp3) is 0.267. The zero-order chi connectivity index (χ0) is 18.2. The minimum Gasteiger partial charge on any atom is -0.377 e. The van der Waals surface area contributed by atoms with Gasteiger partial charge in [-0.05, 0) is 12.1 Å². The lowest BCUT2D eigenvalue weighted by atomic mass is 10.0. The van der Waals surface area contributed by atoms with Crippen LogP contribution < -0.4 is 5.32 Å². The molecule has 0 bridgehead atoms. The number of aromatic nitrogens is 1. The van der Waals surface area contributed by atoms with Crippen LogP contribution in [0, 0.1) is 0 Å². The number of hydrogen-bond acceptors (Lipinski definition) is 7. The number of hydrogen-bond donors (Lipinski definition) is 1. The Morgan fingerprint density at radius 3 is 2.84 bits per heavy atom. The summed E-state index contributed by atoms with van der Waals surface area (Å²) in [5.74, 6) is -0.984. The van der Waals surface area contributed by atoms with Crippen molar-refractivity contribution in [2.24, 2.45) is 0 Å². The van der Waals surface area contributed by atoms with Crippen molar-refractivity contribution in [1.29, 1.82) is 0 Å². The second-order valence-corrected chi connectivity index (χ2v) is 7.35. The maximum Gasteiger partial charge on any atom is 0.252 e. The monoisotopic (exact) mass is 365 g/mol. The molecule has 0 radical (unpaired) electrons. The van der Waals surface area contributed by atoms with Gasteiger partial charge in [0, 0.05) is 25.8 Å². The molecule has 1 N–H and O–H groups in total. The van der Waals surface area contributed by atoms with Gasteiger partial charge in [-0.15, -0.1) is 0 Å². The minimum atomic E-state index is -3.96. The Labute approximate surface area is 143 Å². The van der Waals surface area contributed by atoms with Crippen molar-refractivity contribution in [2.45, 2.75) is 17.5 Å². The Kier molecular flexibility index (Phi) is 4.41. The molecule has 1 aliphatic rings. The summed E-state index contributed by atoms with van der Waals surface area (Å²) in [5.41, 5.74) is -0.0130. The third-order valence-electron chi connectivity index (χ3n) is 3.77. The Morgan fingerprint density at radius 2 is 2.12 bits per heavy atom. The fourth-order valence-electron chi connectivity index (χ4n) is 2.56. The lowest BCUT2D eigenvalue weighted by molar-refractivity contribution is -0.118. The first-order chi connectivity index (χ1) is 11.9. The molecule has 1 aliphatic heterocycles. The van der Waals surface area contributed by atoms with Gasteiger partial charge in [-0.1, -0.05) is 17.3 Å². The van der Waals surface area contributed by atoms with Crippen LogP contribution in [0.2, 0.25) is 0 Å². The number of nitrogens with one attached hydrogen (secondary N) is 1. The number of amides is 1. The summed E-state index contributed by atoms with van der Waals surface area (Å²) in [6.07, 6.45) is 0. The first-order valence-electron chi connectivity index (χ1n) is 7.23. The van der Waals surface area contributed by atoms with Crippen molar-refractivity contribution in [1.82, 2.24) is 9.46 Å². The minimum absolute atomic E-state index is 0.0130. The van der Waals surface area contributed by atoms with E-state index >= 15 is 0 Å². The van der Waals surface area contributed by atoms with Gasteiger partial charge in [0.05, 0.1) is 4.90 Å². The van der Waals surface area contributed by atoms with E-state index in [0.717, 1.165) is 4.31 Å². The van der Waals surface area contributed by atoms with E-state index in [9.17, 15) is 18.0 Å². The number of sulfonamides is 1. The number of benzene rings is 1. The number of rotatable bonds is 4. The molecular weight excluding hydrogens is 350 g/mol. The molecule has 2 aromatic rings. The highest BCUT2D eigenvalue weighted by Gasteiger charge is 2.45. The van der Waals surface area contributed by atoms with Crippen molar-refractivity contribution >= 4 is 27.5 Å². The van der Waals surface area contributed by atoms with Crippen molar-refractivity contribution in [3.63, 3.8) is 0 Å². The summed E-state index contributed by atoms with van der Waals surface area (Å²) in [4.78, 5) is 25.0. The average Bonchev–Trinajstić information content (AvgIpc) is 3.01. The number of anilines is 1. The topological polar surface area (TPSA) is 119 Å². The maximum atomic E-state index is 12.6. The number of fused-ring (bicyclic) bond motifs is 1. The van der Waals surface area contributed by atoms with E-state index in [4.69, 9.17) is 9.26 Å². The number of Topliss-reactive ketones (excluding diaryl/α,β-unsaturated/α-hetero) is 1. The summed E-state index contributed by atoms with van der Waals surface area (Å²) >= 11 is 0. The van der Waals surface area contributed by atoms with Gasteiger partial charge < -0.3 is 14.6 Å². The molecule has 9 nitrogen and oxygen atoms in total. The van der Waals surface area contributed by atoms with Gasteiger partial charge in [0.1, 0.15) is 6.61 Å². The normalized spacial score (nSPS) is 19.4. The van der Waals surface area contributed by atoms with Gasteiger partial charge in [0.25, 0.3) is 5.91 Å². The molecule has 0 saturated carbocycles. The van der Waals surface area contributed by atoms with Crippen molar-refractivity contribution in [3.8, 4) is 0 Å². The number of carbonyl (C=O) groups is 2. The summed E-state index contributed by atoms with van der Waals surface area (Å²) in [5, 5.41) is 6.03. The van der Waals surface area contributed by atoms with Crippen LogP contribution in [-0.2, 0) is 26.2 Å². The van der Waals surface area contributed by atoms with Gasteiger partial charge in [-0.3, -0.25) is 9.59 Å². The second-order valence-electron chi connectivity index (χ2n) is 5.38. The van der Waals surface area contributed by atoms with Gasteiger partial charge in [-0.25, -0.2) is 8.42 Å². The number of ketones is 1. The van der Waals surface area contributed by atoms with E-state index in [1.807, 2.05) is 0 Å². The average molecular weight is 365 g/mol. The zero-order valence-electron chi connectivity index (χ0n) is 13.4. The lowest BCUT2D eigenvalue weighted by Crippen LogP contribution is -2.53. The fourth-order valence-corrected chi connectivity index (χ4v) is 4.04. The van der Waals surface area contributed by atoms with Crippen LogP contribution in [0.25, 0.3) is 0 Å². The number of carbonyl (C=O) groups excluding carboxylic acids is 2. The molecule has 2 heterocycles. The van der Waals surface area contributed by atoms with Crippen LogP contribution in [-0.4, -0.2) is 49.8 Å². The zero-order valence-corrected chi connectivity index (χ0v) is 14.2. The van der Waals surface area contributed by atoms with Crippen LogP contribution in [0.3, 0.4) is 0 Å². The van der Waals surface area contributed by atoms with Crippen LogP contribution in [0.15, 0.2) is 39.8 Å². The molecule has 1 aromatic heterocycles. The first-order valence-corrected chi connectivity index (χ1v) is 8.67. The third-order valence-corrected chi connectivity index (χ3v) is 5.65. The molecule has 1 atom stereocenters. The Balaban J connectivity index is 1.91. The number of methoxy groups -OCH3 is 1. The van der Waals surface area contributed by atoms with Crippen molar-refractivity contribution in [2.75, 3.05) is 19.5 Å². The highest BCUT2D eigenvalue weighted by molar-refractivity contribution is 7.89. The molecule has 0 spiro atoms. The predicted molar refractivity (Wildman–Crippen MR) is 85.4 cm³/mol. The summed E-state index contributed by atoms with van der Waals surface area (Å²) in [6, 6.07) is 5.68. The Morgan fingerprint density at radius 1 is 1.40 bits per heavy atom. The van der Waals surface area contributed by atoms with Crippen LogP contribution >= 0.6 is 0 Å². The van der Waals surface area contributed by atoms with E-state index in [1.54, 1.807) is 6.07 Å². The number of ether oxygens (including phenoxy) is 1. The molecule has 0 aliphatic carbocycles. The van der Waals surface area contributed by atoms with Crippen LogP contribution in [0.5, 0.6) is 0 Å². The van der Waals surface area contributed by atoms with E-state index in [-0.39, 0.29) is 22.9 Å². The van der Waals surface area contributed by atoms with Gasteiger partial charge in [0.15, 0.2) is 23.4 Å². The molecule has 3 rings (SSSR count). The van der Waals surface area contributed by atoms with E-state index in [2.05, 4.69) is 10.5 Å². The van der Waals surface area contributed by atoms with Gasteiger partial charge in [-0.2, -0.15) is 4.31 Å². The quantitative estimate of drug-likeness (QED) is 0.790. The van der Waals surface area contributed by atoms with Gasteiger partial charge >= 0.3 is 0 Å². The molecule has 1 aromatic carbocycles. The number of nitrogens with zero attached hydrogens (tertiary/aromatic N) is 2. The molecule has 0 saturated heterocycles. The van der Waals surface area contributed by atoms with E-state index < -0.39 is 27.8 Å². The van der Waals surface area contributed by atoms with Crippen molar-refractivity contribution in [3.05, 3.63) is 41.7 Å². The smallest absolute Gasteiger partial charge is 0.252 e. The lowest BCUT2D eigenvalue weighted by Gasteiger charge is -2.30. The van der Waals surface area contributed by atoms with E-state index in [1.165, 1.54) is 38.4 Å². The van der Waals surface area contributed by atoms with Crippen molar-refractivity contribution < 1.29 is 27.3 Å². The predicted octanol–water partition coefficient (Wildman–Crippen LogP) is 0.645. The SMILES string of the molecule is COCc1cc(NC(=O)C2C(=O)c3ccccc3S(=O)(=O)N2C)no1. The number of likely N-dealkylation sites (N-methyl/N-ethyl adjacent to an activating group) is 1. The Hall–Kier alpha value is -2.56. The van der Waals surface area contributed by atoms with E-state index in [0.29, 0.717) is 5.76 Å². The molecular formula is C15H15N3O6S. The molecule has 1 amide bonds. The highest BCUT2D eigenvalue weighted by atomic mass is 32.2. The largest absolute Gasteiger partial charge is 0.377 e. The third kappa shape index (κ3) is 2.95. The second kappa shape index (κ2) is 6.39. The summed E-state index contributed by atoms with van der Waals surface area (Å²) in [7, 11) is -1.30. The summed E-state index contributed by atoms with van der Waals surface area (Å²) in [6.45, 7) is 0.160. The molecule has 10 heteroatoms. The van der Waals surface area contributed by atoms with Crippen LogP contribution in [0.1, 0.15) is 16.1 Å². The highest BCUT2D eigenvalue weighted by Crippen LogP contribution is 2.29. The first kappa shape index (κ1) is 17.3. The Bertz CT molecular complexity index is 936. The molecule has 1 unspecified atom stereocenters. The van der Waals surface area contributed by atoms with Gasteiger partial charge in [0.2, 0.25) is 10.0 Å². The molecule has 132 valence electrons. The molecule has 0 fully saturated rings. The maximum absolute atomic E-state index is 12.6. The standard InChI is InChI=1S/C15H15N3O6S/c1-18-13(15(20)16-12-7-9(8-23-2)24-17-12)14(19)10-5-3-4-6-11(10)25(18,21)22/h3-7,13H,8H2,1-2H3,(H,16,17,20). The molecule has 25 heavy (non-hydrogen) atoms. The van der Waals surface area contributed by atoms with Crippen LogP contribution in [0.4, 0.5) is 5.82 Å².